The van der Waals surface area contributed by atoms with E-state index in [1.807, 2.05) is 44.2 Å². The van der Waals surface area contributed by atoms with Crippen LogP contribution in [-0.2, 0) is 18.4 Å². The Hall–Kier alpha value is -2.77. The summed E-state index contributed by atoms with van der Waals surface area (Å²) in [5.41, 5.74) is 2.58. The summed E-state index contributed by atoms with van der Waals surface area (Å²) in [5.74, 6) is 0.856. The van der Waals surface area contributed by atoms with Crippen LogP contribution in [0.1, 0.15) is 25.0 Å². The second-order valence-corrected chi connectivity index (χ2v) is 7.64. The van der Waals surface area contributed by atoms with Gasteiger partial charge in [0, 0.05) is 16.5 Å². The number of aromatic nitrogens is 2. The molecule has 3 rings (SSSR count). The predicted molar refractivity (Wildman–Crippen MR) is 99.2 cm³/mol. The van der Waals surface area contributed by atoms with E-state index in [1.165, 1.54) is 16.3 Å². The highest BCUT2D eigenvalue weighted by Gasteiger charge is 2.36. The van der Waals surface area contributed by atoms with Crippen LogP contribution in [0.2, 0.25) is 0 Å². The molecule has 26 heavy (non-hydrogen) atoms. The zero-order valence-corrected chi connectivity index (χ0v) is 15.7. The van der Waals surface area contributed by atoms with Gasteiger partial charge in [0.15, 0.2) is 5.16 Å². The smallest absolute Gasteiger partial charge is 0.259 e. The number of benzene rings is 1. The summed E-state index contributed by atoms with van der Waals surface area (Å²) in [5, 5.41) is 18.4. The number of thioether (sulfide) groups is 1. The SMILES string of the molecule is COc1ccc2c(c1)-c1nc(SCC#N)n(CC#N)c(=O)c1C(C)(C)C2. The zero-order chi connectivity index (χ0) is 18.9. The number of methoxy groups -OCH3 is 1. The number of hydrogen-bond acceptors (Lipinski definition) is 6. The Morgan fingerprint density at radius 2 is 2.12 bits per heavy atom. The van der Waals surface area contributed by atoms with E-state index in [-0.39, 0.29) is 17.9 Å². The standard InChI is InChI=1S/C19H18N4O2S/c1-19(2)11-12-4-5-13(25-3)10-14(12)16-15(19)17(24)23(8-6-20)18(22-16)26-9-7-21/h4-5,10H,8-9,11H2,1-3H3. The number of nitrogens with zero attached hydrogens (tertiary/aromatic N) is 4. The first-order chi connectivity index (χ1) is 12.4. The molecule has 0 saturated carbocycles. The fourth-order valence-electron chi connectivity index (χ4n) is 3.38. The van der Waals surface area contributed by atoms with Crippen molar-refractivity contribution >= 4 is 11.8 Å². The Morgan fingerprint density at radius 3 is 2.77 bits per heavy atom. The Morgan fingerprint density at radius 1 is 1.35 bits per heavy atom. The van der Waals surface area contributed by atoms with Gasteiger partial charge in [-0.05, 0) is 24.1 Å². The summed E-state index contributed by atoms with van der Waals surface area (Å²) in [6, 6.07) is 9.86. The maximum atomic E-state index is 13.2. The Kier molecular flexibility index (Phi) is 4.76. The van der Waals surface area contributed by atoms with Crippen LogP contribution in [0, 0.1) is 22.7 Å². The van der Waals surface area contributed by atoms with E-state index in [0.29, 0.717) is 28.6 Å². The zero-order valence-electron chi connectivity index (χ0n) is 14.9. The van der Waals surface area contributed by atoms with Crippen LogP contribution in [0.5, 0.6) is 5.75 Å². The van der Waals surface area contributed by atoms with Gasteiger partial charge in [-0.15, -0.1) is 0 Å². The normalized spacial score (nSPS) is 13.9. The highest BCUT2D eigenvalue weighted by atomic mass is 32.2. The Bertz CT molecular complexity index is 1010. The van der Waals surface area contributed by atoms with Crippen LogP contribution in [0.4, 0.5) is 0 Å². The lowest BCUT2D eigenvalue weighted by atomic mass is 9.72. The van der Waals surface area contributed by atoms with E-state index in [4.69, 9.17) is 20.2 Å². The van der Waals surface area contributed by atoms with Crippen LogP contribution in [0.3, 0.4) is 0 Å². The van der Waals surface area contributed by atoms with Crippen molar-refractivity contribution in [3.8, 4) is 29.1 Å². The minimum absolute atomic E-state index is 0.0894. The van der Waals surface area contributed by atoms with Crippen LogP contribution >= 0.6 is 11.8 Å². The fourth-order valence-corrected chi connectivity index (χ4v) is 4.03. The monoisotopic (exact) mass is 366 g/mol. The van der Waals surface area contributed by atoms with Crippen molar-refractivity contribution < 1.29 is 4.74 Å². The predicted octanol–water partition coefficient (Wildman–Crippen LogP) is 2.89. The van der Waals surface area contributed by atoms with Gasteiger partial charge in [-0.1, -0.05) is 31.7 Å². The molecule has 0 bridgehead atoms. The largest absolute Gasteiger partial charge is 0.497 e. The molecule has 1 heterocycles. The van der Waals surface area contributed by atoms with E-state index < -0.39 is 5.41 Å². The quantitative estimate of drug-likeness (QED) is 0.610. The molecule has 0 N–H and O–H groups in total. The summed E-state index contributed by atoms with van der Waals surface area (Å²) in [7, 11) is 1.60. The summed E-state index contributed by atoms with van der Waals surface area (Å²) in [4.78, 5) is 17.9. The Labute approximate surface area is 156 Å². The minimum Gasteiger partial charge on any atom is -0.497 e. The van der Waals surface area contributed by atoms with E-state index in [0.717, 1.165) is 11.1 Å². The molecule has 1 aromatic carbocycles. The number of nitriles is 2. The van der Waals surface area contributed by atoms with Gasteiger partial charge in [0.25, 0.3) is 5.56 Å². The van der Waals surface area contributed by atoms with Gasteiger partial charge in [0.2, 0.25) is 0 Å². The maximum Gasteiger partial charge on any atom is 0.259 e. The van der Waals surface area contributed by atoms with Crippen molar-refractivity contribution in [1.29, 1.82) is 10.5 Å². The lowest BCUT2D eigenvalue weighted by molar-refractivity contribution is 0.414. The minimum atomic E-state index is -0.406. The molecule has 7 heteroatoms. The van der Waals surface area contributed by atoms with Crippen LogP contribution < -0.4 is 10.3 Å². The number of rotatable bonds is 4. The first-order valence-corrected chi connectivity index (χ1v) is 9.11. The lowest BCUT2D eigenvalue weighted by Gasteiger charge is -2.33. The van der Waals surface area contributed by atoms with Crippen molar-refractivity contribution in [3.63, 3.8) is 0 Å². The Balaban J connectivity index is 2.34. The molecule has 0 amide bonds. The third kappa shape index (κ3) is 2.95. The topological polar surface area (TPSA) is 91.7 Å². The molecule has 1 aliphatic rings. The first kappa shape index (κ1) is 18.0. The molecule has 0 fully saturated rings. The highest BCUT2D eigenvalue weighted by molar-refractivity contribution is 7.99. The number of ether oxygens (including phenoxy) is 1. The van der Waals surface area contributed by atoms with Crippen molar-refractivity contribution in [1.82, 2.24) is 9.55 Å². The van der Waals surface area contributed by atoms with Gasteiger partial charge in [0.1, 0.15) is 12.3 Å². The van der Waals surface area contributed by atoms with E-state index in [2.05, 4.69) is 0 Å². The second-order valence-electron chi connectivity index (χ2n) is 6.70. The average Bonchev–Trinajstić information content (AvgIpc) is 2.61. The summed E-state index contributed by atoms with van der Waals surface area (Å²) >= 11 is 1.17. The van der Waals surface area contributed by atoms with Gasteiger partial charge in [0.05, 0.1) is 30.7 Å². The van der Waals surface area contributed by atoms with E-state index >= 15 is 0 Å². The van der Waals surface area contributed by atoms with Gasteiger partial charge in [-0.25, -0.2) is 4.98 Å². The maximum absolute atomic E-state index is 13.2. The van der Waals surface area contributed by atoms with Gasteiger partial charge in [-0.2, -0.15) is 10.5 Å². The molecule has 0 saturated heterocycles. The second kappa shape index (κ2) is 6.86. The number of fused-ring (bicyclic) bond motifs is 3. The summed E-state index contributed by atoms with van der Waals surface area (Å²) in [6.45, 7) is 3.94. The third-order valence-corrected chi connectivity index (χ3v) is 5.35. The van der Waals surface area contributed by atoms with E-state index in [9.17, 15) is 4.79 Å². The van der Waals surface area contributed by atoms with Crippen LogP contribution in [0.15, 0.2) is 28.2 Å². The average molecular weight is 366 g/mol. The van der Waals surface area contributed by atoms with Crippen molar-refractivity contribution in [2.45, 2.75) is 37.4 Å². The van der Waals surface area contributed by atoms with Crippen LogP contribution in [-0.4, -0.2) is 22.4 Å². The van der Waals surface area contributed by atoms with Gasteiger partial charge in [-0.3, -0.25) is 9.36 Å². The molecule has 1 aromatic heterocycles. The number of hydrogen-bond donors (Lipinski definition) is 0. The molecule has 132 valence electrons. The lowest BCUT2D eigenvalue weighted by Crippen LogP contribution is -2.38. The van der Waals surface area contributed by atoms with Gasteiger partial charge < -0.3 is 4.74 Å². The molecule has 2 aromatic rings. The van der Waals surface area contributed by atoms with Crippen molar-refractivity contribution in [2.24, 2.45) is 0 Å². The van der Waals surface area contributed by atoms with Gasteiger partial charge >= 0.3 is 0 Å². The van der Waals surface area contributed by atoms with E-state index in [1.54, 1.807) is 7.11 Å². The molecule has 0 unspecified atom stereocenters. The summed E-state index contributed by atoms with van der Waals surface area (Å²) in [6.07, 6.45) is 0.702. The molecular formula is C19H18N4O2S. The first-order valence-electron chi connectivity index (χ1n) is 8.12. The third-order valence-electron chi connectivity index (χ3n) is 4.51. The fraction of sp³-hybridized carbons (Fsp3) is 0.368. The molecular weight excluding hydrogens is 348 g/mol. The van der Waals surface area contributed by atoms with Crippen molar-refractivity contribution in [3.05, 3.63) is 39.7 Å². The molecule has 0 radical (unpaired) electrons. The molecule has 0 aliphatic heterocycles. The highest BCUT2D eigenvalue weighted by Crippen LogP contribution is 2.42. The summed E-state index contributed by atoms with van der Waals surface area (Å²) < 4.78 is 6.70. The van der Waals surface area contributed by atoms with Crippen molar-refractivity contribution in [2.75, 3.05) is 12.9 Å². The molecule has 1 aliphatic carbocycles. The molecule has 0 spiro atoms. The molecule has 0 atom stereocenters. The molecule has 6 nitrogen and oxygen atoms in total. The van der Waals surface area contributed by atoms with Crippen LogP contribution in [0.25, 0.3) is 11.3 Å².